The molecule has 1 aliphatic carbocycles. The van der Waals surface area contributed by atoms with Crippen LogP contribution < -0.4 is 5.32 Å². The van der Waals surface area contributed by atoms with Crippen LogP contribution in [0.3, 0.4) is 0 Å². The number of hydrogen-bond acceptors (Lipinski definition) is 4. The lowest BCUT2D eigenvalue weighted by Crippen LogP contribution is -2.51. The van der Waals surface area contributed by atoms with Crippen LogP contribution in [-0.2, 0) is 19.1 Å². The summed E-state index contributed by atoms with van der Waals surface area (Å²) in [6.45, 7) is 2.29. The smallest absolute Gasteiger partial charge is 0.311 e. The van der Waals surface area contributed by atoms with E-state index in [1.807, 2.05) is 0 Å². The van der Waals surface area contributed by atoms with Gasteiger partial charge in [-0.05, 0) is 12.8 Å². The summed E-state index contributed by atoms with van der Waals surface area (Å²) < 4.78 is 11.2. The minimum atomic E-state index is -0.496. The first-order chi connectivity index (χ1) is 8.69. The van der Waals surface area contributed by atoms with Crippen LogP contribution in [0.4, 0.5) is 0 Å². The normalized spacial score (nSPS) is 26.3. The molecule has 0 atom stereocenters. The van der Waals surface area contributed by atoms with Gasteiger partial charge in [-0.15, -0.1) is 0 Å². The molecule has 2 aliphatic heterocycles. The Morgan fingerprint density at radius 2 is 1.72 bits per heavy atom. The van der Waals surface area contributed by atoms with E-state index in [9.17, 15) is 9.59 Å². The van der Waals surface area contributed by atoms with E-state index in [4.69, 9.17) is 9.47 Å². The molecule has 3 aliphatic rings. The van der Waals surface area contributed by atoms with Crippen molar-refractivity contribution in [3.63, 3.8) is 0 Å². The number of ether oxygens (including phenoxy) is 2. The number of nitrogens with one attached hydrogen (secondary N) is 1. The Bertz CT molecular complexity index is 351. The first kappa shape index (κ1) is 11.9. The predicted molar refractivity (Wildman–Crippen MR) is 61.6 cm³/mol. The Kier molecular flexibility index (Phi) is 2.99. The van der Waals surface area contributed by atoms with Crippen LogP contribution in [0.2, 0.25) is 0 Å². The molecule has 0 bridgehead atoms. The van der Waals surface area contributed by atoms with Gasteiger partial charge in [-0.25, -0.2) is 0 Å². The third-order valence-electron chi connectivity index (χ3n) is 3.73. The van der Waals surface area contributed by atoms with Crippen molar-refractivity contribution < 1.29 is 19.1 Å². The molecule has 2 amide bonds. The molecule has 0 aromatic heterocycles. The fourth-order valence-corrected chi connectivity index (χ4v) is 2.45. The molecule has 18 heavy (non-hydrogen) atoms. The lowest BCUT2D eigenvalue weighted by Gasteiger charge is -2.37. The van der Waals surface area contributed by atoms with Crippen molar-refractivity contribution in [3.05, 3.63) is 0 Å². The molecule has 2 heterocycles. The van der Waals surface area contributed by atoms with E-state index in [1.165, 1.54) is 0 Å². The van der Waals surface area contributed by atoms with Crippen LogP contribution in [-0.4, -0.2) is 54.8 Å². The summed E-state index contributed by atoms with van der Waals surface area (Å²) in [6, 6.07) is 0.221. The molecule has 100 valence electrons. The highest BCUT2D eigenvalue weighted by molar-refractivity contribution is 6.35. The zero-order valence-corrected chi connectivity index (χ0v) is 10.3. The summed E-state index contributed by atoms with van der Waals surface area (Å²) in [5.74, 6) is -1.39. The summed E-state index contributed by atoms with van der Waals surface area (Å²) in [6.07, 6.45) is 3.28. The summed E-state index contributed by atoms with van der Waals surface area (Å²) in [7, 11) is 0. The highest BCUT2D eigenvalue weighted by Crippen LogP contribution is 2.31. The maximum absolute atomic E-state index is 11.9. The second kappa shape index (κ2) is 4.51. The number of piperidine rings is 1. The van der Waals surface area contributed by atoms with Gasteiger partial charge < -0.3 is 19.7 Å². The van der Waals surface area contributed by atoms with Crippen LogP contribution in [0.1, 0.15) is 25.7 Å². The third kappa shape index (κ3) is 2.35. The molecule has 3 rings (SSSR count). The molecule has 3 fully saturated rings. The number of carbonyl (C=O) groups excluding carboxylic acids is 2. The number of carbonyl (C=O) groups is 2. The van der Waals surface area contributed by atoms with E-state index in [0.717, 1.165) is 12.8 Å². The Balaban J connectivity index is 1.51. The first-order valence-corrected chi connectivity index (χ1v) is 6.56. The van der Waals surface area contributed by atoms with Crippen molar-refractivity contribution >= 4 is 11.8 Å². The molecule has 0 radical (unpaired) electrons. The van der Waals surface area contributed by atoms with Gasteiger partial charge in [-0.2, -0.15) is 0 Å². The van der Waals surface area contributed by atoms with Gasteiger partial charge in [-0.3, -0.25) is 9.59 Å². The fourth-order valence-electron chi connectivity index (χ4n) is 2.45. The number of likely N-dealkylation sites (tertiary alicyclic amines) is 1. The topological polar surface area (TPSA) is 67.9 Å². The highest BCUT2D eigenvalue weighted by atomic mass is 16.7. The second-order valence-electron chi connectivity index (χ2n) is 5.15. The van der Waals surface area contributed by atoms with Crippen LogP contribution in [0, 0.1) is 0 Å². The van der Waals surface area contributed by atoms with Gasteiger partial charge >= 0.3 is 11.8 Å². The van der Waals surface area contributed by atoms with Gasteiger partial charge in [0.05, 0.1) is 13.2 Å². The standard InChI is InChI=1S/C12H18N2O4/c15-10(13-9-1-2-9)11(16)14-5-3-12(4-6-14)17-7-8-18-12/h9H,1-8H2,(H,13,15). The average molecular weight is 254 g/mol. The highest BCUT2D eigenvalue weighted by Gasteiger charge is 2.41. The van der Waals surface area contributed by atoms with Gasteiger partial charge in [0.1, 0.15) is 0 Å². The molecular formula is C12H18N2O4. The molecule has 0 unspecified atom stereocenters. The second-order valence-corrected chi connectivity index (χ2v) is 5.15. The van der Waals surface area contributed by atoms with Gasteiger partial charge in [0.2, 0.25) is 0 Å². The fraction of sp³-hybridized carbons (Fsp3) is 0.833. The largest absolute Gasteiger partial charge is 0.347 e. The van der Waals surface area contributed by atoms with E-state index in [1.54, 1.807) is 4.90 Å². The maximum Gasteiger partial charge on any atom is 0.311 e. The summed E-state index contributed by atoms with van der Waals surface area (Å²) >= 11 is 0. The number of rotatable bonds is 1. The molecule has 6 nitrogen and oxygen atoms in total. The molecule has 6 heteroatoms. The van der Waals surface area contributed by atoms with Gasteiger partial charge in [-0.1, -0.05) is 0 Å². The van der Waals surface area contributed by atoms with Crippen LogP contribution in [0.25, 0.3) is 0 Å². The molecule has 0 aromatic carbocycles. The van der Waals surface area contributed by atoms with E-state index < -0.39 is 17.6 Å². The Labute approximate surface area is 106 Å². The van der Waals surface area contributed by atoms with Crippen molar-refractivity contribution in [2.45, 2.75) is 37.5 Å². The average Bonchev–Trinajstić information content (AvgIpc) is 3.09. The summed E-state index contributed by atoms with van der Waals surface area (Å²) in [5, 5.41) is 2.72. The van der Waals surface area contributed by atoms with Crippen molar-refractivity contribution in [3.8, 4) is 0 Å². The van der Waals surface area contributed by atoms with Gasteiger partial charge in [0.15, 0.2) is 5.79 Å². The first-order valence-electron chi connectivity index (χ1n) is 6.56. The third-order valence-corrected chi connectivity index (χ3v) is 3.73. The number of nitrogens with zero attached hydrogens (tertiary/aromatic N) is 1. The summed E-state index contributed by atoms with van der Waals surface area (Å²) in [4.78, 5) is 25.1. The van der Waals surface area contributed by atoms with Gasteiger partial charge in [0.25, 0.3) is 0 Å². The van der Waals surface area contributed by atoms with E-state index in [-0.39, 0.29) is 6.04 Å². The minimum absolute atomic E-state index is 0.221. The van der Waals surface area contributed by atoms with E-state index in [2.05, 4.69) is 5.32 Å². The lowest BCUT2D eigenvalue weighted by molar-refractivity contribution is -0.188. The Morgan fingerprint density at radius 1 is 1.11 bits per heavy atom. The van der Waals surface area contributed by atoms with Crippen LogP contribution in [0.5, 0.6) is 0 Å². The molecule has 1 spiro atoms. The lowest BCUT2D eigenvalue weighted by atomic mass is 10.0. The Morgan fingerprint density at radius 3 is 2.28 bits per heavy atom. The Hall–Kier alpha value is -1.14. The number of hydrogen-bond donors (Lipinski definition) is 1. The van der Waals surface area contributed by atoms with Crippen molar-refractivity contribution in [2.75, 3.05) is 26.3 Å². The minimum Gasteiger partial charge on any atom is -0.347 e. The quantitative estimate of drug-likeness (QED) is 0.648. The number of amides is 2. The predicted octanol–water partition coefficient (Wildman–Crippen LogP) is -0.369. The van der Waals surface area contributed by atoms with E-state index >= 15 is 0 Å². The summed E-state index contributed by atoms with van der Waals surface area (Å²) in [5.41, 5.74) is 0. The van der Waals surface area contributed by atoms with Crippen molar-refractivity contribution in [1.82, 2.24) is 10.2 Å². The van der Waals surface area contributed by atoms with Crippen LogP contribution >= 0.6 is 0 Å². The van der Waals surface area contributed by atoms with Crippen molar-refractivity contribution in [1.29, 1.82) is 0 Å². The zero-order valence-electron chi connectivity index (χ0n) is 10.3. The van der Waals surface area contributed by atoms with Gasteiger partial charge in [0, 0.05) is 32.0 Å². The molecule has 1 saturated carbocycles. The van der Waals surface area contributed by atoms with Crippen LogP contribution in [0.15, 0.2) is 0 Å². The maximum atomic E-state index is 11.9. The monoisotopic (exact) mass is 254 g/mol. The molecule has 1 N–H and O–H groups in total. The molecular weight excluding hydrogens is 236 g/mol. The SMILES string of the molecule is O=C(NC1CC1)C(=O)N1CCC2(CC1)OCCO2. The van der Waals surface area contributed by atoms with Crippen molar-refractivity contribution in [2.24, 2.45) is 0 Å². The van der Waals surface area contributed by atoms with E-state index in [0.29, 0.717) is 39.1 Å². The zero-order chi connectivity index (χ0) is 12.6. The molecule has 2 saturated heterocycles. The molecule has 0 aromatic rings.